The summed E-state index contributed by atoms with van der Waals surface area (Å²) >= 11 is 7.56. The number of nitrogens with one attached hydrogen (secondary N) is 1. The van der Waals surface area contributed by atoms with Crippen LogP contribution < -0.4 is 10.5 Å². The van der Waals surface area contributed by atoms with Crippen molar-refractivity contribution in [3.63, 3.8) is 0 Å². The fourth-order valence-electron chi connectivity index (χ4n) is 0.746. The Morgan fingerprint density at radius 2 is 2.14 bits per heavy atom. The van der Waals surface area contributed by atoms with Crippen LogP contribution in [-0.2, 0) is 10.0 Å². The summed E-state index contributed by atoms with van der Waals surface area (Å²) in [6, 6.07) is 0. The van der Waals surface area contributed by atoms with E-state index in [0.717, 1.165) is 15.8 Å². The zero-order valence-corrected chi connectivity index (χ0v) is 11.8. The van der Waals surface area contributed by atoms with Crippen LogP contribution in [0.2, 0.25) is 0 Å². The van der Waals surface area contributed by atoms with Gasteiger partial charge in [0.05, 0.1) is 4.47 Å². The summed E-state index contributed by atoms with van der Waals surface area (Å²) in [5, 5.41) is 1.71. The molecule has 0 saturated carbocycles. The molecular formula is C6H8Br2N2O2S2. The molecule has 0 aliphatic carbocycles. The second-order valence-electron chi connectivity index (χ2n) is 2.37. The molecule has 0 fully saturated rings. The van der Waals surface area contributed by atoms with Crippen LogP contribution in [0.25, 0.3) is 0 Å². The third kappa shape index (κ3) is 2.77. The van der Waals surface area contributed by atoms with Crippen molar-refractivity contribution >= 4 is 53.2 Å². The Morgan fingerprint density at radius 3 is 2.57 bits per heavy atom. The molecule has 0 spiro atoms. The lowest BCUT2D eigenvalue weighted by atomic mass is 10.7. The molecule has 4 nitrogen and oxygen atoms in total. The van der Waals surface area contributed by atoms with Crippen LogP contribution in [-0.4, -0.2) is 21.5 Å². The summed E-state index contributed by atoms with van der Waals surface area (Å²) in [6.07, 6.45) is 0. The minimum atomic E-state index is -3.42. The largest absolute Gasteiger partial charge is 0.329 e. The van der Waals surface area contributed by atoms with Crippen molar-refractivity contribution < 1.29 is 8.42 Å². The van der Waals surface area contributed by atoms with Crippen molar-refractivity contribution in [2.75, 3.05) is 13.1 Å². The van der Waals surface area contributed by atoms with E-state index in [-0.39, 0.29) is 17.3 Å². The first kappa shape index (κ1) is 12.6. The van der Waals surface area contributed by atoms with E-state index in [1.807, 2.05) is 0 Å². The number of nitrogens with two attached hydrogens (primary N) is 1. The molecule has 14 heavy (non-hydrogen) atoms. The van der Waals surface area contributed by atoms with Gasteiger partial charge in [-0.15, -0.1) is 11.3 Å². The van der Waals surface area contributed by atoms with Gasteiger partial charge in [-0.1, -0.05) is 0 Å². The minimum absolute atomic E-state index is 0.240. The van der Waals surface area contributed by atoms with Crippen molar-refractivity contribution in [1.29, 1.82) is 0 Å². The summed E-state index contributed by atoms with van der Waals surface area (Å²) in [5.74, 6) is 0. The topological polar surface area (TPSA) is 72.2 Å². The lowest BCUT2D eigenvalue weighted by Crippen LogP contribution is -2.28. The first-order chi connectivity index (χ1) is 6.49. The minimum Gasteiger partial charge on any atom is -0.329 e. The van der Waals surface area contributed by atoms with E-state index in [2.05, 4.69) is 36.6 Å². The lowest BCUT2D eigenvalue weighted by Gasteiger charge is -2.03. The van der Waals surface area contributed by atoms with Gasteiger partial charge in [-0.3, -0.25) is 0 Å². The van der Waals surface area contributed by atoms with Gasteiger partial charge in [0.2, 0.25) is 0 Å². The van der Waals surface area contributed by atoms with Crippen molar-refractivity contribution in [3.05, 3.63) is 14.3 Å². The van der Waals surface area contributed by atoms with E-state index in [1.54, 1.807) is 5.38 Å². The van der Waals surface area contributed by atoms with Crippen LogP contribution in [0.15, 0.2) is 18.5 Å². The van der Waals surface area contributed by atoms with Gasteiger partial charge in [0, 0.05) is 22.9 Å². The van der Waals surface area contributed by atoms with Gasteiger partial charge in [-0.25, -0.2) is 13.1 Å². The predicted molar refractivity (Wildman–Crippen MR) is 64.0 cm³/mol. The number of hydrogen-bond acceptors (Lipinski definition) is 4. The molecule has 1 heterocycles. The van der Waals surface area contributed by atoms with Crippen molar-refractivity contribution in [2.45, 2.75) is 4.21 Å². The zero-order valence-electron chi connectivity index (χ0n) is 6.96. The smallest absolute Gasteiger partial charge is 0.251 e. The zero-order chi connectivity index (χ0) is 10.8. The van der Waals surface area contributed by atoms with Gasteiger partial charge < -0.3 is 5.73 Å². The monoisotopic (exact) mass is 362 g/mol. The van der Waals surface area contributed by atoms with Gasteiger partial charge in [-0.05, 0) is 31.9 Å². The maximum absolute atomic E-state index is 11.6. The Morgan fingerprint density at radius 1 is 1.50 bits per heavy atom. The van der Waals surface area contributed by atoms with E-state index in [1.165, 1.54) is 0 Å². The fourth-order valence-corrected chi connectivity index (χ4v) is 4.91. The standard InChI is InChI=1S/C6H8Br2N2O2S2/c7-4-3-13-6(5(4)8)14(11,12)10-2-1-9/h3,10H,1-2,9H2. The first-order valence-electron chi connectivity index (χ1n) is 3.61. The Bertz CT molecular complexity index is 415. The molecule has 0 aliphatic heterocycles. The third-order valence-corrected chi connectivity index (χ3v) is 7.14. The highest BCUT2D eigenvalue weighted by Crippen LogP contribution is 2.35. The summed E-state index contributed by atoms with van der Waals surface area (Å²) < 4.78 is 27.2. The summed E-state index contributed by atoms with van der Waals surface area (Å²) in [7, 11) is -3.42. The Balaban J connectivity index is 2.99. The quantitative estimate of drug-likeness (QED) is 0.851. The van der Waals surface area contributed by atoms with Crippen LogP contribution in [0.5, 0.6) is 0 Å². The molecule has 1 rings (SSSR count). The highest BCUT2D eigenvalue weighted by atomic mass is 79.9. The molecule has 0 aliphatic rings. The molecule has 0 unspecified atom stereocenters. The fraction of sp³-hybridized carbons (Fsp3) is 0.333. The number of thiophene rings is 1. The van der Waals surface area contributed by atoms with Crippen molar-refractivity contribution in [2.24, 2.45) is 5.73 Å². The number of hydrogen-bond donors (Lipinski definition) is 2. The summed E-state index contributed by atoms with van der Waals surface area (Å²) in [4.78, 5) is 0. The highest BCUT2D eigenvalue weighted by molar-refractivity contribution is 9.13. The van der Waals surface area contributed by atoms with Crippen LogP contribution in [0.3, 0.4) is 0 Å². The molecule has 0 atom stereocenters. The van der Waals surface area contributed by atoms with Gasteiger partial charge >= 0.3 is 0 Å². The molecular weight excluding hydrogens is 356 g/mol. The van der Waals surface area contributed by atoms with Crippen LogP contribution in [0.4, 0.5) is 0 Å². The van der Waals surface area contributed by atoms with Crippen molar-refractivity contribution in [3.8, 4) is 0 Å². The van der Waals surface area contributed by atoms with Crippen LogP contribution in [0.1, 0.15) is 0 Å². The first-order valence-corrected chi connectivity index (χ1v) is 7.56. The Kier molecular flexibility index (Phi) is 4.54. The number of halogens is 2. The molecule has 80 valence electrons. The molecule has 1 aromatic rings. The van der Waals surface area contributed by atoms with E-state index >= 15 is 0 Å². The maximum atomic E-state index is 11.6. The van der Waals surface area contributed by atoms with Gasteiger partial charge in [-0.2, -0.15) is 0 Å². The number of sulfonamides is 1. The molecule has 3 N–H and O–H groups in total. The molecule has 1 aromatic heterocycles. The molecule has 0 saturated heterocycles. The maximum Gasteiger partial charge on any atom is 0.251 e. The second kappa shape index (κ2) is 5.04. The Labute approximate surface area is 103 Å². The predicted octanol–water partition coefficient (Wildman–Crippen LogP) is 1.51. The lowest BCUT2D eigenvalue weighted by molar-refractivity contribution is 0.584. The molecule has 8 heteroatoms. The van der Waals surface area contributed by atoms with Gasteiger partial charge in [0.25, 0.3) is 10.0 Å². The van der Waals surface area contributed by atoms with Crippen LogP contribution >= 0.6 is 43.2 Å². The third-order valence-electron chi connectivity index (χ3n) is 1.34. The molecule has 0 bridgehead atoms. The van der Waals surface area contributed by atoms with Gasteiger partial charge in [0.1, 0.15) is 4.21 Å². The average molecular weight is 364 g/mol. The average Bonchev–Trinajstić information content (AvgIpc) is 2.45. The summed E-state index contributed by atoms with van der Waals surface area (Å²) in [5.41, 5.74) is 5.21. The van der Waals surface area contributed by atoms with E-state index in [0.29, 0.717) is 4.47 Å². The molecule has 0 radical (unpaired) electrons. The molecule has 0 aromatic carbocycles. The second-order valence-corrected chi connectivity index (χ2v) is 6.86. The van der Waals surface area contributed by atoms with E-state index in [9.17, 15) is 8.42 Å². The summed E-state index contributed by atoms with van der Waals surface area (Å²) in [6.45, 7) is 0.522. The van der Waals surface area contributed by atoms with Crippen LogP contribution in [0, 0.1) is 0 Å². The Hall–Kier alpha value is 0.530. The normalized spacial score (nSPS) is 11.9. The van der Waals surface area contributed by atoms with E-state index in [4.69, 9.17) is 5.73 Å². The highest BCUT2D eigenvalue weighted by Gasteiger charge is 2.20. The number of rotatable bonds is 4. The van der Waals surface area contributed by atoms with E-state index < -0.39 is 10.0 Å². The van der Waals surface area contributed by atoms with Gasteiger partial charge in [0.15, 0.2) is 0 Å². The van der Waals surface area contributed by atoms with Crippen molar-refractivity contribution in [1.82, 2.24) is 4.72 Å². The SMILES string of the molecule is NCCNS(=O)(=O)c1scc(Br)c1Br. The molecule has 0 amide bonds.